The van der Waals surface area contributed by atoms with Gasteiger partial charge in [0.2, 0.25) is 5.91 Å². The van der Waals surface area contributed by atoms with Crippen LogP contribution in [-0.2, 0) is 4.79 Å². The van der Waals surface area contributed by atoms with E-state index in [-0.39, 0.29) is 28.3 Å². The Bertz CT molecular complexity index is 938. The number of hydrogen-bond donors (Lipinski definition) is 1. The van der Waals surface area contributed by atoms with Gasteiger partial charge in [0.1, 0.15) is 11.5 Å². The SMILES string of the molecule is O=C(Nc1ccc(N2CCCC2)c(F)c1)C1CCN(c2ccccc2[N+](=O)[O-])CC1. The van der Waals surface area contributed by atoms with Crippen molar-refractivity contribution in [3.63, 3.8) is 0 Å². The number of nitrogens with zero attached hydrogens (tertiary/aromatic N) is 3. The molecule has 0 radical (unpaired) electrons. The molecule has 2 saturated heterocycles. The first-order valence-corrected chi connectivity index (χ1v) is 10.4. The first-order chi connectivity index (χ1) is 14.5. The Kier molecular flexibility index (Phi) is 5.83. The van der Waals surface area contributed by atoms with Crippen LogP contribution in [0.3, 0.4) is 0 Å². The van der Waals surface area contributed by atoms with Crippen LogP contribution in [0.1, 0.15) is 25.7 Å². The van der Waals surface area contributed by atoms with Crippen LogP contribution in [0.4, 0.5) is 27.1 Å². The average Bonchev–Trinajstić information content (AvgIpc) is 3.28. The molecule has 2 aromatic carbocycles. The molecule has 7 nitrogen and oxygen atoms in total. The Morgan fingerprint density at radius 3 is 2.33 bits per heavy atom. The molecule has 1 amide bonds. The van der Waals surface area contributed by atoms with Gasteiger partial charge in [-0.2, -0.15) is 0 Å². The summed E-state index contributed by atoms with van der Waals surface area (Å²) in [5.74, 6) is -0.656. The van der Waals surface area contributed by atoms with Gasteiger partial charge in [0.05, 0.1) is 10.6 Å². The zero-order valence-electron chi connectivity index (χ0n) is 16.7. The van der Waals surface area contributed by atoms with Gasteiger partial charge in [0.15, 0.2) is 0 Å². The van der Waals surface area contributed by atoms with E-state index >= 15 is 0 Å². The maximum absolute atomic E-state index is 14.5. The third-order valence-electron chi connectivity index (χ3n) is 5.95. The summed E-state index contributed by atoms with van der Waals surface area (Å²) in [5.41, 5.74) is 1.71. The molecule has 1 N–H and O–H groups in total. The number of hydrogen-bond acceptors (Lipinski definition) is 5. The van der Waals surface area contributed by atoms with Crippen molar-refractivity contribution in [2.75, 3.05) is 41.3 Å². The van der Waals surface area contributed by atoms with E-state index in [1.54, 1.807) is 30.3 Å². The van der Waals surface area contributed by atoms with Gasteiger partial charge in [-0.05, 0) is 49.9 Å². The lowest BCUT2D eigenvalue weighted by atomic mass is 9.95. The van der Waals surface area contributed by atoms with E-state index in [2.05, 4.69) is 5.32 Å². The van der Waals surface area contributed by atoms with Crippen molar-refractivity contribution in [2.45, 2.75) is 25.7 Å². The fraction of sp³-hybridized carbons (Fsp3) is 0.409. The predicted octanol–water partition coefficient (Wildman–Crippen LogP) is 4.19. The van der Waals surface area contributed by atoms with Gasteiger partial charge in [-0.25, -0.2) is 4.39 Å². The van der Waals surface area contributed by atoms with Crippen LogP contribution in [-0.4, -0.2) is 37.0 Å². The Morgan fingerprint density at radius 2 is 1.67 bits per heavy atom. The van der Waals surface area contributed by atoms with Crippen molar-refractivity contribution in [3.8, 4) is 0 Å². The van der Waals surface area contributed by atoms with Crippen LogP contribution >= 0.6 is 0 Å². The van der Waals surface area contributed by atoms with E-state index in [0.29, 0.717) is 43.0 Å². The molecule has 2 aliphatic rings. The Balaban J connectivity index is 1.36. The van der Waals surface area contributed by atoms with Crippen LogP contribution < -0.4 is 15.1 Å². The summed E-state index contributed by atoms with van der Waals surface area (Å²) in [7, 11) is 0. The molecule has 0 spiro atoms. The minimum Gasteiger partial charge on any atom is -0.369 e. The number of carbonyl (C=O) groups is 1. The van der Waals surface area contributed by atoms with E-state index < -0.39 is 0 Å². The van der Waals surface area contributed by atoms with E-state index in [1.807, 2.05) is 9.80 Å². The summed E-state index contributed by atoms with van der Waals surface area (Å²) in [4.78, 5) is 27.5. The second-order valence-electron chi connectivity index (χ2n) is 7.86. The number of halogens is 1. The molecule has 2 heterocycles. The topological polar surface area (TPSA) is 78.7 Å². The molecular formula is C22H25FN4O3. The Morgan fingerprint density at radius 1 is 1.00 bits per heavy atom. The standard InChI is InChI=1S/C22H25FN4O3/c23-18-15-17(7-8-19(18)25-11-3-4-12-25)24-22(28)16-9-13-26(14-10-16)20-5-1-2-6-21(20)27(29)30/h1-2,5-8,15-16H,3-4,9-14H2,(H,24,28). The highest BCUT2D eigenvalue weighted by atomic mass is 19.1. The largest absolute Gasteiger partial charge is 0.369 e. The molecule has 0 aromatic heterocycles. The van der Waals surface area contributed by atoms with E-state index in [9.17, 15) is 19.3 Å². The summed E-state index contributed by atoms with van der Waals surface area (Å²) < 4.78 is 14.5. The predicted molar refractivity (Wildman–Crippen MR) is 115 cm³/mol. The van der Waals surface area contributed by atoms with Crippen LogP contribution in [0.15, 0.2) is 42.5 Å². The van der Waals surface area contributed by atoms with Crippen molar-refractivity contribution < 1.29 is 14.1 Å². The first kappa shape index (κ1) is 20.1. The summed E-state index contributed by atoms with van der Waals surface area (Å²) in [6.07, 6.45) is 3.32. The fourth-order valence-electron chi connectivity index (χ4n) is 4.31. The molecule has 158 valence electrons. The van der Waals surface area contributed by atoms with Crippen molar-refractivity contribution in [1.82, 2.24) is 0 Å². The van der Waals surface area contributed by atoms with Gasteiger partial charge in [-0.1, -0.05) is 12.1 Å². The van der Waals surface area contributed by atoms with E-state index in [4.69, 9.17) is 0 Å². The highest BCUT2D eigenvalue weighted by Crippen LogP contribution is 2.32. The molecule has 0 saturated carbocycles. The van der Waals surface area contributed by atoms with E-state index in [0.717, 1.165) is 25.9 Å². The van der Waals surface area contributed by atoms with Crippen molar-refractivity contribution >= 4 is 28.7 Å². The number of benzene rings is 2. The minimum atomic E-state index is -0.380. The monoisotopic (exact) mass is 412 g/mol. The smallest absolute Gasteiger partial charge is 0.292 e. The highest BCUT2D eigenvalue weighted by Gasteiger charge is 2.28. The van der Waals surface area contributed by atoms with Crippen LogP contribution in [0.2, 0.25) is 0 Å². The molecule has 2 aliphatic heterocycles. The fourth-order valence-corrected chi connectivity index (χ4v) is 4.31. The molecule has 2 fully saturated rings. The molecule has 0 atom stereocenters. The Hall–Kier alpha value is -3.16. The second kappa shape index (κ2) is 8.69. The number of nitro groups is 1. The average molecular weight is 412 g/mol. The molecule has 30 heavy (non-hydrogen) atoms. The number of carbonyl (C=O) groups excluding carboxylic acids is 1. The molecule has 0 aliphatic carbocycles. The van der Waals surface area contributed by atoms with Crippen molar-refractivity contribution in [3.05, 3.63) is 58.4 Å². The third kappa shape index (κ3) is 4.22. The number of anilines is 3. The third-order valence-corrected chi connectivity index (χ3v) is 5.95. The molecule has 4 rings (SSSR count). The van der Waals surface area contributed by atoms with Crippen LogP contribution in [0.5, 0.6) is 0 Å². The van der Waals surface area contributed by atoms with Crippen LogP contribution in [0, 0.1) is 21.8 Å². The van der Waals surface area contributed by atoms with Gasteiger partial charge in [-0.15, -0.1) is 0 Å². The molecule has 0 unspecified atom stereocenters. The Labute approximate surface area is 174 Å². The number of nitro benzene ring substituents is 1. The second-order valence-corrected chi connectivity index (χ2v) is 7.86. The van der Waals surface area contributed by atoms with Gasteiger partial charge in [-0.3, -0.25) is 14.9 Å². The summed E-state index contributed by atoms with van der Waals surface area (Å²) in [6, 6.07) is 11.5. The van der Waals surface area contributed by atoms with E-state index in [1.165, 1.54) is 12.1 Å². The van der Waals surface area contributed by atoms with Gasteiger partial charge >= 0.3 is 0 Å². The minimum absolute atomic E-state index is 0.0777. The number of amides is 1. The summed E-state index contributed by atoms with van der Waals surface area (Å²) in [5, 5.41) is 14.1. The van der Waals surface area contributed by atoms with Crippen molar-refractivity contribution in [2.24, 2.45) is 5.92 Å². The van der Waals surface area contributed by atoms with Gasteiger partial charge in [0.25, 0.3) is 5.69 Å². The lowest BCUT2D eigenvalue weighted by Gasteiger charge is -2.32. The quantitative estimate of drug-likeness (QED) is 0.589. The number of para-hydroxylation sites is 2. The molecular weight excluding hydrogens is 387 g/mol. The summed E-state index contributed by atoms with van der Waals surface area (Å²) in [6.45, 7) is 2.85. The van der Waals surface area contributed by atoms with Crippen LogP contribution in [0.25, 0.3) is 0 Å². The normalized spacial score (nSPS) is 17.2. The maximum Gasteiger partial charge on any atom is 0.292 e. The lowest BCUT2D eigenvalue weighted by Crippen LogP contribution is -2.38. The van der Waals surface area contributed by atoms with Gasteiger partial charge in [0, 0.05) is 43.9 Å². The molecule has 2 aromatic rings. The number of rotatable bonds is 5. The number of nitrogens with one attached hydrogen (secondary N) is 1. The molecule has 8 heteroatoms. The molecule has 0 bridgehead atoms. The first-order valence-electron chi connectivity index (χ1n) is 10.4. The zero-order chi connectivity index (χ0) is 21.1. The zero-order valence-corrected chi connectivity index (χ0v) is 16.7. The summed E-state index contributed by atoms with van der Waals surface area (Å²) >= 11 is 0. The van der Waals surface area contributed by atoms with Gasteiger partial charge < -0.3 is 15.1 Å². The lowest BCUT2D eigenvalue weighted by molar-refractivity contribution is -0.384. The number of piperidine rings is 1. The maximum atomic E-state index is 14.5. The highest BCUT2D eigenvalue weighted by molar-refractivity contribution is 5.93. The van der Waals surface area contributed by atoms with Crippen molar-refractivity contribution in [1.29, 1.82) is 0 Å².